The van der Waals surface area contributed by atoms with Crippen LogP contribution in [0.4, 0.5) is 0 Å². The van der Waals surface area contributed by atoms with Crippen molar-refractivity contribution < 1.29 is 14.4 Å². The summed E-state index contributed by atoms with van der Waals surface area (Å²) in [6.07, 6.45) is 3.36. The minimum Gasteiger partial charge on any atom is -0.361 e. The molecule has 2 amide bonds. The molecule has 1 fully saturated rings. The summed E-state index contributed by atoms with van der Waals surface area (Å²) in [6, 6.07) is 0. The number of allylic oxidation sites excluding steroid dienone is 2. The molecule has 1 N–H and O–H groups in total. The van der Waals surface area contributed by atoms with Crippen LogP contribution in [0.5, 0.6) is 0 Å². The number of imide groups is 1. The average Bonchev–Trinajstić information content (AvgIpc) is 2.42. The number of carbonyl (C=O) groups is 2. The van der Waals surface area contributed by atoms with Crippen LogP contribution in [-0.4, -0.2) is 22.3 Å². The summed E-state index contributed by atoms with van der Waals surface area (Å²) in [4.78, 5) is 25.1. The molecule has 1 aliphatic carbocycles. The number of amides is 2. The number of hydrogen-bond donors (Lipinski definition) is 1. The zero-order valence-electron chi connectivity index (χ0n) is 6.57. The molecule has 1 aliphatic heterocycles. The van der Waals surface area contributed by atoms with Crippen molar-refractivity contribution in [2.75, 3.05) is 0 Å². The zero-order valence-corrected chi connectivity index (χ0v) is 6.57. The van der Waals surface area contributed by atoms with Crippen LogP contribution in [0.25, 0.3) is 5.53 Å². The molecule has 13 heavy (non-hydrogen) atoms. The van der Waals surface area contributed by atoms with Gasteiger partial charge in [0.2, 0.25) is 0 Å². The van der Waals surface area contributed by atoms with Gasteiger partial charge in [-0.25, -0.2) is 0 Å². The van der Waals surface area contributed by atoms with Crippen molar-refractivity contribution in [3.05, 3.63) is 28.8 Å². The molecule has 0 saturated carbocycles. The quantitative estimate of drug-likeness (QED) is 0.308. The van der Waals surface area contributed by atoms with Crippen LogP contribution in [-0.2, 0) is 9.59 Å². The standard InChI is InChI=1S/C8H5N3O2/c9-11-4-1-2-5-6(3-4)8(13)10-7(5)12/h2-3H,1H2,(H,10,12,13). The van der Waals surface area contributed by atoms with E-state index in [1.165, 1.54) is 6.08 Å². The highest BCUT2D eigenvalue weighted by Crippen LogP contribution is 2.21. The van der Waals surface area contributed by atoms with Gasteiger partial charge in [0.15, 0.2) is 0 Å². The normalized spacial score (nSPS) is 20.2. The Labute approximate surface area is 73.4 Å². The van der Waals surface area contributed by atoms with Crippen molar-refractivity contribution in [3.8, 4) is 0 Å². The fraction of sp³-hybridized carbons (Fsp3) is 0.125. The maximum Gasteiger partial charge on any atom is 0.296 e. The Morgan fingerprint density at radius 3 is 2.69 bits per heavy atom. The molecule has 0 radical (unpaired) electrons. The Morgan fingerprint density at radius 1 is 1.31 bits per heavy atom. The van der Waals surface area contributed by atoms with Crippen molar-refractivity contribution in [2.45, 2.75) is 6.42 Å². The Morgan fingerprint density at radius 2 is 2.00 bits per heavy atom. The fourth-order valence-corrected chi connectivity index (χ4v) is 1.33. The molecular formula is C8H5N3O2. The summed E-state index contributed by atoms with van der Waals surface area (Å²) in [7, 11) is 0. The SMILES string of the molecule is [N-]=[N+]=C1C=C2C(=O)NC(=O)C2=CC1. The van der Waals surface area contributed by atoms with E-state index in [1.807, 2.05) is 0 Å². The molecule has 5 heteroatoms. The van der Waals surface area contributed by atoms with E-state index in [4.69, 9.17) is 5.53 Å². The molecule has 64 valence electrons. The Kier molecular flexibility index (Phi) is 1.47. The molecule has 0 aromatic carbocycles. The van der Waals surface area contributed by atoms with Gasteiger partial charge in [0.25, 0.3) is 17.5 Å². The minimum atomic E-state index is -0.433. The number of fused-ring (bicyclic) bond motifs is 1. The van der Waals surface area contributed by atoms with E-state index in [1.54, 1.807) is 6.08 Å². The van der Waals surface area contributed by atoms with Gasteiger partial charge in [0.05, 0.1) is 12.0 Å². The van der Waals surface area contributed by atoms with Gasteiger partial charge in [0, 0.05) is 11.6 Å². The average molecular weight is 175 g/mol. The Bertz CT molecular complexity index is 425. The number of hydrogen-bond acceptors (Lipinski definition) is 2. The van der Waals surface area contributed by atoms with E-state index >= 15 is 0 Å². The summed E-state index contributed by atoms with van der Waals surface area (Å²) in [5.74, 6) is -0.815. The van der Waals surface area contributed by atoms with Crippen molar-refractivity contribution in [2.24, 2.45) is 0 Å². The van der Waals surface area contributed by atoms with Crippen LogP contribution in [0, 0.1) is 0 Å². The van der Waals surface area contributed by atoms with Gasteiger partial charge in [-0.2, -0.15) is 4.79 Å². The second kappa shape index (κ2) is 2.50. The third kappa shape index (κ3) is 1.02. The molecule has 5 nitrogen and oxygen atoms in total. The predicted octanol–water partition coefficient (Wildman–Crippen LogP) is -0.430. The van der Waals surface area contributed by atoms with Crippen LogP contribution in [0.3, 0.4) is 0 Å². The first-order valence-electron chi connectivity index (χ1n) is 3.71. The first kappa shape index (κ1) is 7.64. The van der Waals surface area contributed by atoms with Gasteiger partial charge in [0.1, 0.15) is 0 Å². The smallest absolute Gasteiger partial charge is 0.296 e. The highest BCUT2D eigenvalue weighted by molar-refractivity contribution is 6.27. The molecule has 0 bridgehead atoms. The number of nitrogens with one attached hydrogen (secondary N) is 1. The van der Waals surface area contributed by atoms with Gasteiger partial charge in [-0.3, -0.25) is 14.9 Å². The van der Waals surface area contributed by atoms with Crippen molar-refractivity contribution in [1.82, 2.24) is 5.32 Å². The second-order valence-electron chi connectivity index (χ2n) is 2.75. The molecule has 0 aromatic heterocycles. The Hall–Kier alpha value is -2.00. The molecule has 0 unspecified atom stereocenters. The molecule has 0 aromatic rings. The summed E-state index contributed by atoms with van der Waals surface area (Å²) in [5, 5.41) is 2.15. The molecule has 2 aliphatic rings. The van der Waals surface area contributed by atoms with E-state index in [-0.39, 0.29) is 11.5 Å². The molecule has 1 heterocycles. The topological polar surface area (TPSA) is 82.6 Å². The first-order valence-corrected chi connectivity index (χ1v) is 3.71. The molecule has 0 atom stereocenters. The lowest BCUT2D eigenvalue weighted by Gasteiger charge is -1.98. The maximum atomic E-state index is 11.1. The van der Waals surface area contributed by atoms with Crippen molar-refractivity contribution in [1.29, 1.82) is 0 Å². The van der Waals surface area contributed by atoms with Crippen molar-refractivity contribution >= 4 is 17.5 Å². The first-order chi connectivity index (χ1) is 6.22. The predicted molar refractivity (Wildman–Crippen MR) is 42.6 cm³/mol. The summed E-state index contributed by atoms with van der Waals surface area (Å²) < 4.78 is 0. The van der Waals surface area contributed by atoms with E-state index in [0.717, 1.165) is 0 Å². The van der Waals surface area contributed by atoms with Crippen LogP contribution >= 0.6 is 0 Å². The highest BCUT2D eigenvalue weighted by Gasteiger charge is 2.33. The fourth-order valence-electron chi connectivity index (χ4n) is 1.33. The lowest BCUT2D eigenvalue weighted by Crippen LogP contribution is -2.19. The van der Waals surface area contributed by atoms with Crippen molar-refractivity contribution in [3.63, 3.8) is 0 Å². The van der Waals surface area contributed by atoms with E-state index < -0.39 is 5.91 Å². The van der Waals surface area contributed by atoms with E-state index in [2.05, 4.69) is 10.1 Å². The lowest BCUT2D eigenvalue weighted by molar-refractivity contribution is -0.123. The molecule has 0 spiro atoms. The molecule has 2 rings (SSSR count). The van der Waals surface area contributed by atoms with Crippen LogP contribution < -0.4 is 5.32 Å². The minimum absolute atomic E-state index is 0.282. The lowest BCUT2D eigenvalue weighted by atomic mass is 9.99. The second-order valence-corrected chi connectivity index (χ2v) is 2.75. The van der Waals surface area contributed by atoms with Gasteiger partial charge < -0.3 is 5.53 Å². The van der Waals surface area contributed by atoms with Gasteiger partial charge in [-0.05, 0) is 0 Å². The van der Waals surface area contributed by atoms with E-state index in [0.29, 0.717) is 17.7 Å². The van der Waals surface area contributed by atoms with Crippen LogP contribution in [0.1, 0.15) is 6.42 Å². The maximum absolute atomic E-state index is 11.1. The molecular weight excluding hydrogens is 170 g/mol. The zero-order chi connectivity index (χ0) is 9.42. The number of rotatable bonds is 0. The number of carbonyl (C=O) groups excluding carboxylic acids is 2. The summed E-state index contributed by atoms with van der Waals surface area (Å²) in [5.41, 5.74) is 9.49. The summed E-state index contributed by atoms with van der Waals surface area (Å²) in [6.45, 7) is 0. The van der Waals surface area contributed by atoms with Gasteiger partial charge >= 0.3 is 0 Å². The number of nitrogens with zero attached hydrogens (tertiary/aromatic N) is 2. The largest absolute Gasteiger partial charge is 0.361 e. The van der Waals surface area contributed by atoms with Crippen LogP contribution in [0.2, 0.25) is 0 Å². The third-order valence-electron chi connectivity index (χ3n) is 1.96. The monoisotopic (exact) mass is 175 g/mol. The highest BCUT2D eigenvalue weighted by atomic mass is 16.2. The van der Waals surface area contributed by atoms with Gasteiger partial charge in [-0.1, -0.05) is 6.08 Å². The molecule has 1 saturated heterocycles. The van der Waals surface area contributed by atoms with E-state index in [9.17, 15) is 9.59 Å². The Balaban J connectivity index is 2.54. The summed E-state index contributed by atoms with van der Waals surface area (Å²) >= 11 is 0. The third-order valence-corrected chi connectivity index (χ3v) is 1.96. The van der Waals surface area contributed by atoms with Gasteiger partial charge in [-0.15, -0.1) is 0 Å². The van der Waals surface area contributed by atoms with Crippen LogP contribution in [0.15, 0.2) is 23.3 Å².